The summed E-state index contributed by atoms with van der Waals surface area (Å²) >= 11 is 0. The number of aryl methyl sites for hydroxylation is 1. The van der Waals surface area contributed by atoms with Gasteiger partial charge in [0.1, 0.15) is 5.82 Å². The van der Waals surface area contributed by atoms with E-state index >= 15 is 0 Å². The summed E-state index contributed by atoms with van der Waals surface area (Å²) in [7, 11) is 4.00. The van der Waals surface area contributed by atoms with Gasteiger partial charge in [0.05, 0.1) is 5.60 Å². The maximum absolute atomic E-state index is 5.82. The van der Waals surface area contributed by atoms with E-state index in [9.17, 15) is 0 Å². The Balaban J connectivity index is 1.74. The van der Waals surface area contributed by atoms with Crippen molar-refractivity contribution in [1.82, 2.24) is 15.0 Å². The molecule has 5 nitrogen and oxygen atoms in total. The number of aromatic nitrogens is 3. The SMILES string of the molecule is CO[C@@]1(C)C[C@@H](N(C)c2nc(-c3ccncc3)nc3c2CCC3)C1(C)C. The minimum Gasteiger partial charge on any atom is -0.378 e. The van der Waals surface area contributed by atoms with E-state index in [1.165, 1.54) is 11.3 Å². The summed E-state index contributed by atoms with van der Waals surface area (Å²) in [6, 6.07) is 4.36. The van der Waals surface area contributed by atoms with Gasteiger partial charge in [0, 0.05) is 54.8 Å². The van der Waals surface area contributed by atoms with Crippen LogP contribution in [-0.4, -0.2) is 40.8 Å². The van der Waals surface area contributed by atoms with Gasteiger partial charge in [-0.2, -0.15) is 0 Å². The lowest BCUT2D eigenvalue weighted by Crippen LogP contribution is -2.68. The van der Waals surface area contributed by atoms with Crippen LogP contribution in [0.5, 0.6) is 0 Å². The summed E-state index contributed by atoms with van der Waals surface area (Å²) in [5.41, 5.74) is 3.53. The van der Waals surface area contributed by atoms with Crippen LogP contribution in [0.1, 0.15) is 44.9 Å². The normalized spacial score (nSPS) is 26.3. The van der Waals surface area contributed by atoms with E-state index in [1.807, 2.05) is 19.2 Å². The monoisotopic (exact) mass is 352 g/mol. The molecular weight excluding hydrogens is 324 g/mol. The third-order valence-electron chi connectivity index (χ3n) is 6.88. The smallest absolute Gasteiger partial charge is 0.161 e. The zero-order chi connectivity index (χ0) is 18.5. The van der Waals surface area contributed by atoms with Crippen molar-refractivity contribution in [2.24, 2.45) is 5.41 Å². The fraction of sp³-hybridized carbons (Fsp3) is 0.571. The first-order valence-corrected chi connectivity index (χ1v) is 9.45. The van der Waals surface area contributed by atoms with E-state index in [4.69, 9.17) is 14.7 Å². The number of rotatable bonds is 4. The molecule has 2 aromatic heterocycles. The van der Waals surface area contributed by atoms with Gasteiger partial charge >= 0.3 is 0 Å². The molecule has 2 atom stereocenters. The molecule has 26 heavy (non-hydrogen) atoms. The molecule has 0 aliphatic heterocycles. The maximum atomic E-state index is 5.82. The van der Waals surface area contributed by atoms with Gasteiger partial charge in [0.2, 0.25) is 0 Å². The second-order valence-electron chi connectivity index (χ2n) is 8.37. The lowest BCUT2D eigenvalue weighted by Gasteiger charge is -2.61. The Morgan fingerprint density at radius 2 is 1.85 bits per heavy atom. The van der Waals surface area contributed by atoms with Crippen molar-refractivity contribution < 1.29 is 4.74 Å². The highest BCUT2D eigenvalue weighted by atomic mass is 16.5. The van der Waals surface area contributed by atoms with Crippen molar-refractivity contribution >= 4 is 5.82 Å². The highest BCUT2D eigenvalue weighted by Crippen LogP contribution is 2.54. The first-order valence-electron chi connectivity index (χ1n) is 9.45. The van der Waals surface area contributed by atoms with Crippen LogP contribution < -0.4 is 4.90 Å². The lowest BCUT2D eigenvalue weighted by molar-refractivity contribution is -0.172. The van der Waals surface area contributed by atoms with Crippen LogP contribution in [0.2, 0.25) is 0 Å². The molecule has 0 unspecified atom stereocenters. The lowest BCUT2D eigenvalue weighted by atomic mass is 9.55. The summed E-state index contributed by atoms with van der Waals surface area (Å²) < 4.78 is 5.82. The number of nitrogens with zero attached hydrogens (tertiary/aromatic N) is 4. The standard InChI is InChI=1S/C21H28N4O/c1-20(2)17(13-21(20,3)26-5)25(4)19-15-7-6-8-16(15)23-18(24-19)14-9-11-22-12-10-14/h9-12,17H,6-8,13H2,1-5H3/t17-,21+/m1/s1. The van der Waals surface area contributed by atoms with Gasteiger partial charge in [-0.3, -0.25) is 4.98 Å². The predicted molar refractivity (Wildman–Crippen MR) is 103 cm³/mol. The molecular formula is C21H28N4O. The van der Waals surface area contributed by atoms with Crippen LogP contribution in [0.15, 0.2) is 24.5 Å². The fourth-order valence-corrected chi connectivity index (χ4v) is 4.56. The molecule has 2 aliphatic carbocycles. The molecule has 0 N–H and O–H groups in total. The van der Waals surface area contributed by atoms with E-state index in [1.54, 1.807) is 12.4 Å². The van der Waals surface area contributed by atoms with Crippen molar-refractivity contribution in [1.29, 1.82) is 0 Å². The highest BCUT2D eigenvalue weighted by molar-refractivity contribution is 5.61. The minimum atomic E-state index is -0.0872. The van der Waals surface area contributed by atoms with E-state index in [-0.39, 0.29) is 11.0 Å². The van der Waals surface area contributed by atoms with E-state index < -0.39 is 0 Å². The van der Waals surface area contributed by atoms with Crippen LogP contribution in [0.25, 0.3) is 11.4 Å². The van der Waals surface area contributed by atoms with Gasteiger partial charge in [-0.05, 0) is 44.7 Å². The van der Waals surface area contributed by atoms with Crippen LogP contribution >= 0.6 is 0 Å². The van der Waals surface area contributed by atoms with Crippen LogP contribution in [0.4, 0.5) is 5.82 Å². The van der Waals surface area contributed by atoms with Crippen molar-refractivity contribution in [3.05, 3.63) is 35.8 Å². The van der Waals surface area contributed by atoms with Crippen molar-refractivity contribution in [2.75, 3.05) is 19.1 Å². The number of ether oxygens (including phenoxy) is 1. The summed E-state index contributed by atoms with van der Waals surface area (Å²) in [5.74, 6) is 1.90. The van der Waals surface area contributed by atoms with E-state index in [2.05, 4.69) is 37.7 Å². The number of hydrogen-bond donors (Lipinski definition) is 0. The van der Waals surface area contributed by atoms with Crippen molar-refractivity contribution in [2.45, 2.75) is 58.1 Å². The molecule has 0 aromatic carbocycles. The predicted octanol–water partition coefficient (Wildman–Crippen LogP) is 3.67. The number of fused-ring (bicyclic) bond motifs is 1. The molecule has 1 saturated carbocycles. The quantitative estimate of drug-likeness (QED) is 0.840. The Morgan fingerprint density at radius 1 is 1.12 bits per heavy atom. The van der Waals surface area contributed by atoms with Crippen LogP contribution in [0.3, 0.4) is 0 Å². The molecule has 1 fully saturated rings. The third kappa shape index (κ3) is 2.44. The molecule has 0 bridgehead atoms. The number of hydrogen-bond acceptors (Lipinski definition) is 5. The number of pyridine rings is 1. The topological polar surface area (TPSA) is 51.1 Å². The Bertz CT molecular complexity index is 820. The average molecular weight is 352 g/mol. The minimum absolute atomic E-state index is 0.0593. The molecule has 2 aliphatic rings. The Hall–Kier alpha value is -2.01. The molecule has 138 valence electrons. The largest absolute Gasteiger partial charge is 0.378 e. The van der Waals surface area contributed by atoms with Crippen molar-refractivity contribution in [3.8, 4) is 11.4 Å². The van der Waals surface area contributed by atoms with Gasteiger partial charge in [0.15, 0.2) is 5.82 Å². The molecule has 0 saturated heterocycles. The zero-order valence-corrected chi connectivity index (χ0v) is 16.4. The van der Waals surface area contributed by atoms with Gasteiger partial charge in [-0.15, -0.1) is 0 Å². The van der Waals surface area contributed by atoms with Crippen LogP contribution in [-0.2, 0) is 17.6 Å². The third-order valence-corrected chi connectivity index (χ3v) is 6.88. The second kappa shape index (κ2) is 6.02. The van der Waals surface area contributed by atoms with Gasteiger partial charge in [-0.1, -0.05) is 13.8 Å². The zero-order valence-electron chi connectivity index (χ0n) is 16.4. The Morgan fingerprint density at radius 3 is 2.50 bits per heavy atom. The second-order valence-corrected chi connectivity index (χ2v) is 8.37. The summed E-state index contributed by atoms with van der Waals surface area (Å²) in [6.45, 7) is 6.81. The highest BCUT2D eigenvalue weighted by Gasteiger charge is 2.59. The molecule has 2 heterocycles. The summed E-state index contributed by atoms with van der Waals surface area (Å²) in [5, 5.41) is 0. The molecule has 0 amide bonds. The molecule has 2 aromatic rings. The molecule has 5 heteroatoms. The molecule has 0 spiro atoms. The fourth-order valence-electron chi connectivity index (χ4n) is 4.56. The van der Waals surface area contributed by atoms with Crippen molar-refractivity contribution in [3.63, 3.8) is 0 Å². The molecule has 4 rings (SSSR count). The first-order chi connectivity index (χ1) is 12.4. The summed E-state index contributed by atoms with van der Waals surface area (Å²) in [4.78, 5) is 16.4. The number of anilines is 1. The van der Waals surface area contributed by atoms with Gasteiger partial charge in [-0.25, -0.2) is 9.97 Å². The van der Waals surface area contributed by atoms with E-state index in [0.29, 0.717) is 6.04 Å². The number of methoxy groups -OCH3 is 1. The molecule has 0 radical (unpaired) electrons. The maximum Gasteiger partial charge on any atom is 0.161 e. The first kappa shape index (κ1) is 17.4. The van der Waals surface area contributed by atoms with Gasteiger partial charge in [0.25, 0.3) is 0 Å². The van der Waals surface area contributed by atoms with Gasteiger partial charge < -0.3 is 9.64 Å². The van der Waals surface area contributed by atoms with E-state index in [0.717, 1.165) is 42.9 Å². The Labute approximate surface area is 155 Å². The van der Waals surface area contributed by atoms with Crippen LogP contribution in [0, 0.1) is 5.41 Å². The Kier molecular flexibility index (Phi) is 4.03. The summed E-state index contributed by atoms with van der Waals surface area (Å²) in [6.07, 6.45) is 7.88. The average Bonchev–Trinajstić information content (AvgIpc) is 3.13.